The summed E-state index contributed by atoms with van der Waals surface area (Å²) in [6.45, 7) is 7.14. The molecule has 3 heterocycles. The van der Waals surface area contributed by atoms with E-state index in [1.165, 1.54) is 0 Å². The molecule has 1 atom stereocenters. The first-order valence-corrected chi connectivity index (χ1v) is 18.8. The number of fused-ring (bicyclic) bond motifs is 1. The molecule has 1 unspecified atom stereocenters. The molecule has 8 rings (SSSR count). The quantitative estimate of drug-likeness (QED) is 0.116. The van der Waals surface area contributed by atoms with Gasteiger partial charge in [-0.15, -0.1) is 0 Å². The third-order valence-electron chi connectivity index (χ3n) is 9.62. The Kier molecular flexibility index (Phi) is 10.5. The molecular weight excluding hydrogens is 665 g/mol. The summed E-state index contributed by atoms with van der Waals surface area (Å²) in [6.07, 6.45) is 6.63. The second-order valence-corrected chi connectivity index (χ2v) is 13.4. The number of rotatable bonds is 8. The molecule has 5 aromatic carbocycles. The van der Waals surface area contributed by atoms with Gasteiger partial charge in [0.1, 0.15) is 17.7 Å². The van der Waals surface area contributed by atoms with E-state index >= 15 is 0 Å². The monoisotopic (exact) mass is 705 g/mol. The fourth-order valence-electron chi connectivity index (χ4n) is 7.24. The number of benzene rings is 5. The minimum atomic E-state index is -2.26. The van der Waals surface area contributed by atoms with Crippen LogP contribution >= 0.6 is 0 Å². The standard InChI is InChI=1S/C41H36N6O2S.C2H6/c48-50(49)37-19-10-18-36(27-37)45-22-11-23-46(25-24-45)40-38-26-31(20-21-39(38)42-30-43-40)32-28-44-47(29-32)41(33-12-4-1-5-13-33,34-14-6-2-7-15-34)35-16-8-3-9-17-35;1-2/h1-10,12-21,26-30H,11,22-25H2,(H,48,49);1-2H3/p-1. The predicted molar refractivity (Wildman–Crippen MR) is 209 cm³/mol. The van der Waals surface area contributed by atoms with Crippen molar-refractivity contribution in [3.63, 3.8) is 0 Å². The van der Waals surface area contributed by atoms with Crippen molar-refractivity contribution < 1.29 is 8.76 Å². The van der Waals surface area contributed by atoms with Gasteiger partial charge in [-0.05, 0) is 70.1 Å². The largest absolute Gasteiger partial charge is 0.768 e. The normalized spacial score (nSPS) is 14.0. The second kappa shape index (κ2) is 15.7. The van der Waals surface area contributed by atoms with E-state index in [9.17, 15) is 8.76 Å². The van der Waals surface area contributed by atoms with Crippen LogP contribution in [-0.4, -0.2) is 54.7 Å². The molecule has 0 aliphatic carbocycles. The third kappa shape index (κ3) is 6.73. The van der Waals surface area contributed by atoms with Gasteiger partial charge >= 0.3 is 0 Å². The maximum atomic E-state index is 11.6. The van der Waals surface area contributed by atoms with Crippen LogP contribution in [-0.2, 0) is 16.6 Å². The summed E-state index contributed by atoms with van der Waals surface area (Å²) in [6, 6.07) is 45.1. The van der Waals surface area contributed by atoms with Crippen molar-refractivity contribution in [3.8, 4) is 11.1 Å². The van der Waals surface area contributed by atoms with Gasteiger partial charge in [-0.25, -0.2) is 9.97 Å². The van der Waals surface area contributed by atoms with E-state index in [0.717, 1.165) is 82.8 Å². The summed E-state index contributed by atoms with van der Waals surface area (Å²) >= 11 is -2.26. The minimum absolute atomic E-state index is 0.301. The van der Waals surface area contributed by atoms with Gasteiger partial charge in [-0.2, -0.15) is 5.10 Å². The predicted octanol–water partition coefficient (Wildman–Crippen LogP) is 8.31. The Morgan fingerprint density at radius 3 is 1.90 bits per heavy atom. The maximum absolute atomic E-state index is 11.6. The Hall–Kier alpha value is -5.64. The van der Waals surface area contributed by atoms with Crippen LogP contribution in [0.25, 0.3) is 22.0 Å². The fraction of sp³-hybridized carbons (Fsp3) is 0.186. The average Bonchev–Trinajstić information content (AvgIpc) is 3.58. The molecule has 7 aromatic rings. The molecule has 0 N–H and O–H groups in total. The highest BCUT2D eigenvalue weighted by atomic mass is 32.2. The first kappa shape index (κ1) is 34.8. The van der Waals surface area contributed by atoms with Crippen LogP contribution in [0.4, 0.5) is 11.5 Å². The van der Waals surface area contributed by atoms with Crippen LogP contribution in [0.2, 0.25) is 0 Å². The van der Waals surface area contributed by atoms with Crippen LogP contribution in [0.1, 0.15) is 37.0 Å². The van der Waals surface area contributed by atoms with Crippen molar-refractivity contribution in [2.24, 2.45) is 0 Å². The van der Waals surface area contributed by atoms with Crippen LogP contribution in [0.5, 0.6) is 0 Å². The smallest absolute Gasteiger partial charge is 0.139 e. The molecule has 0 bridgehead atoms. The van der Waals surface area contributed by atoms with Crippen LogP contribution in [0.3, 0.4) is 0 Å². The zero-order valence-electron chi connectivity index (χ0n) is 29.4. The number of nitrogens with zero attached hydrogens (tertiary/aromatic N) is 6. The van der Waals surface area contributed by atoms with Crippen molar-refractivity contribution in [3.05, 3.63) is 169 Å². The Labute approximate surface area is 307 Å². The highest BCUT2D eigenvalue weighted by molar-refractivity contribution is 7.79. The molecule has 52 heavy (non-hydrogen) atoms. The first-order valence-electron chi connectivity index (χ1n) is 17.8. The third-order valence-corrected chi connectivity index (χ3v) is 10.3. The van der Waals surface area contributed by atoms with E-state index in [1.54, 1.807) is 24.5 Å². The Morgan fingerprint density at radius 2 is 1.27 bits per heavy atom. The maximum Gasteiger partial charge on any atom is 0.139 e. The lowest BCUT2D eigenvalue weighted by atomic mass is 9.77. The first-order chi connectivity index (χ1) is 25.6. The zero-order chi connectivity index (χ0) is 35.9. The van der Waals surface area contributed by atoms with Crippen LogP contribution in [0, 0.1) is 0 Å². The van der Waals surface area contributed by atoms with E-state index in [-0.39, 0.29) is 0 Å². The summed E-state index contributed by atoms with van der Waals surface area (Å²) < 4.78 is 25.3. The van der Waals surface area contributed by atoms with Gasteiger partial charge < -0.3 is 14.4 Å². The molecule has 0 spiro atoms. The fourth-order valence-corrected chi connectivity index (χ4v) is 7.64. The summed E-state index contributed by atoms with van der Waals surface area (Å²) in [5, 5.41) is 6.07. The SMILES string of the molecule is CC.O=S([O-])c1cccc(N2CCCN(c3ncnc4ccc(-c5cnn(C(c6ccccc6)(c6ccccc6)c6ccccc6)c5)cc34)CC2)c1. The van der Waals surface area contributed by atoms with Crippen molar-refractivity contribution >= 4 is 33.5 Å². The highest BCUT2D eigenvalue weighted by Crippen LogP contribution is 2.41. The van der Waals surface area contributed by atoms with Crippen molar-refractivity contribution in [2.45, 2.75) is 30.7 Å². The number of hydrogen-bond acceptors (Lipinski definition) is 7. The summed E-state index contributed by atoms with van der Waals surface area (Å²) in [4.78, 5) is 14.3. The topological polar surface area (TPSA) is 90.2 Å². The van der Waals surface area contributed by atoms with Gasteiger partial charge in [0.25, 0.3) is 0 Å². The molecule has 1 aliphatic heterocycles. The van der Waals surface area contributed by atoms with E-state index in [2.05, 4.69) is 117 Å². The summed E-state index contributed by atoms with van der Waals surface area (Å²) in [5.41, 5.74) is 6.46. The van der Waals surface area contributed by atoms with Crippen molar-refractivity contribution in [2.75, 3.05) is 36.0 Å². The van der Waals surface area contributed by atoms with Crippen molar-refractivity contribution in [1.29, 1.82) is 0 Å². The lowest BCUT2D eigenvalue weighted by Gasteiger charge is -2.36. The molecule has 8 nitrogen and oxygen atoms in total. The number of hydrogen-bond donors (Lipinski definition) is 0. The van der Waals surface area contributed by atoms with Gasteiger partial charge in [0.15, 0.2) is 0 Å². The molecule has 262 valence electrons. The molecular formula is C43H41N6O2S-. The Bertz CT molecular complexity index is 2170. The van der Waals surface area contributed by atoms with Gasteiger partial charge in [-0.3, -0.25) is 8.89 Å². The molecule has 0 radical (unpaired) electrons. The molecule has 2 aromatic heterocycles. The van der Waals surface area contributed by atoms with Crippen LogP contribution < -0.4 is 9.80 Å². The second-order valence-electron chi connectivity index (χ2n) is 12.5. The van der Waals surface area contributed by atoms with Gasteiger partial charge in [0, 0.05) is 53.9 Å². The molecule has 9 heteroatoms. The van der Waals surface area contributed by atoms with Crippen LogP contribution in [0.15, 0.2) is 157 Å². The average molecular weight is 706 g/mol. The van der Waals surface area contributed by atoms with E-state index in [1.807, 2.05) is 44.3 Å². The summed E-state index contributed by atoms with van der Waals surface area (Å²) in [7, 11) is 0. The van der Waals surface area contributed by atoms with Crippen molar-refractivity contribution in [1.82, 2.24) is 19.7 Å². The zero-order valence-corrected chi connectivity index (χ0v) is 30.2. The summed E-state index contributed by atoms with van der Waals surface area (Å²) in [5.74, 6) is 0.896. The van der Waals surface area contributed by atoms with Gasteiger partial charge in [-0.1, -0.05) is 117 Å². The van der Waals surface area contributed by atoms with E-state index in [4.69, 9.17) is 10.1 Å². The number of aromatic nitrogens is 4. The lowest BCUT2D eigenvalue weighted by molar-refractivity contribution is 0.460. The lowest BCUT2D eigenvalue weighted by Crippen LogP contribution is -2.38. The molecule has 1 aliphatic rings. The molecule has 1 saturated heterocycles. The molecule has 1 fully saturated rings. The van der Waals surface area contributed by atoms with Gasteiger partial charge in [0.2, 0.25) is 0 Å². The Balaban J connectivity index is 0.00000207. The van der Waals surface area contributed by atoms with E-state index < -0.39 is 16.6 Å². The molecule has 0 amide bonds. The van der Waals surface area contributed by atoms with Gasteiger partial charge in [0.05, 0.1) is 11.7 Å². The minimum Gasteiger partial charge on any atom is -0.768 e. The molecule has 0 saturated carbocycles. The number of anilines is 2. The van der Waals surface area contributed by atoms with E-state index in [0.29, 0.717) is 4.90 Å². The highest BCUT2D eigenvalue weighted by Gasteiger charge is 2.39. The Morgan fingerprint density at radius 1 is 0.654 bits per heavy atom.